The Morgan fingerprint density at radius 3 is 2.55 bits per heavy atom. The molecule has 0 aliphatic carbocycles. The van der Waals surface area contributed by atoms with Crippen molar-refractivity contribution in [2.24, 2.45) is 7.05 Å². The smallest absolute Gasteiger partial charge is 0.411 e. The second-order valence-electron chi connectivity index (χ2n) is 9.16. The molecule has 1 aromatic heterocycles. The van der Waals surface area contributed by atoms with E-state index in [9.17, 15) is 14.7 Å². The van der Waals surface area contributed by atoms with Gasteiger partial charge in [0.05, 0.1) is 17.8 Å². The maximum Gasteiger partial charge on any atom is 0.411 e. The molecule has 7 heteroatoms. The number of carboxylic acid groups (broad SMARTS) is 1. The summed E-state index contributed by atoms with van der Waals surface area (Å²) in [7, 11) is 0.0553. The van der Waals surface area contributed by atoms with Gasteiger partial charge in [0.15, 0.2) is 14.1 Å². The molecule has 0 atom stereocenters. The van der Waals surface area contributed by atoms with Gasteiger partial charge >= 0.3 is 6.09 Å². The highest BCUT2D eigenvalue weighted by Gasteiger charge is 2.37. The van der Waals surface area contributed by atoms with Crippen molar-refractivity contribution in [3.63, 3.8) is 0 Å². The van der Waals surface area contributed by atoms with E-state index in [1.807, 2.05) is 23.7 Å². The van der Waals surface area contributed by atoms with Gasteiger partial charge in [0.2, 0.25) is 0 Å². The molecule has 2 aromatic rings. The molecule has 2 heterocycles. The van der Waals surface area contributed by atoms with Crippen LogP contribution in [0.4, 0.5) is 10.5 Å². The van der Waals surface area contributed by atoms with Crippen molar-refractivity contribution in [2.75, 3.05) is 11.4 Å². The Balaban J connectivity index is 2.06. The number of benzene rings is 1. The number of rotatable bonds is 3. The first-order chi connectivity index (χ1) is 13.4. The predicted octanol–water partition coefficient (Wildman–Crippen LogP) is 5.33. The summed E-state index contributed by atoms with van der Waals surface area (Å²) in [6.45, 7) is 11.9. The van der Waals surface area contributed by atoms with Crippen LogP contribution in [0.5, 0.6) is 0 Å². The van der Waals surface area contributed by atoms with E-state index in [-0.39, 0.29) is 10.8 Å². The van der Waals surface area contributed by atoms with Gasteiger partial charge in [-0.3, -0.25) is 9.69 Å². The SMILES string of the molecule is Cn1c(CO[Si](C)(C)C(C)(C)C)cc2cc3c(cc21)N(C(=O)O)CC/C=C\C3=O. The molecule has 1 aromatic carbocycles. The lowest BCUT2D eigenvalue weighted by Gasteiger charge is -2.36. The van der Waals surface area contributed by atoms with Crippen molar-refractivity contribution in [3.05, 3.63) is 41.6 Å². The number of carbonyl (C=O) groups excluding carboxylic acids is 1. The zero-order chi connectivity index (χ0) is 21.6. The molecule has 6 nitrogen and oxygen atoms in total. The Morgan fingerprint density at radius 1 is 1.24 bits per heavy atom. The molecule has 29 heavy (non-hydrogen) atoms. The van der Waals surface area contributed by atoms with Crippen LogP contribution in [-0.4, -0.2) is 36.4 Å². The number of amides is 1. The number of hydrogen-bond acceptors (Lipinski definition) is 3. The van der Waals surface area contributed by atoms with E-state index >= 15 is 0 Å². The van der Waals surface area contributed by atoms with E-state index in [1.54, 1.807) is 12.1 Å². The third-order valence-corrected chi connectivity index (χ3v) is 10.7. The maximum atomic E-state index is 12.6. The average Bonchev–Trinajstić information content (AvgIpc) is 2.91. The number of aromatic nitrogens is 1. The number of nitrogens with zero attached hydrogens (tertiary/aromatic N) is 2. The van der Waals surface area contributed by atoms with Crippen molar-refractivity contribution in [3.8, 4) is 0 Å². The standard InChI is InChI=1S/C22H30N2O4Si/c1-22(2,3)29(5,6)28-14-16-11-15-12-17-19(13-18(15)23(16)4)24(21(26)27)10-8-7-9-20(17)25/h7,9,11-13H,8,10,14H2,1-6H3,(H,26,27)/b9-7-. The topological polar surface area (TPSA) is 71.8 Å². The van der Waals surface area contributed by atoms with Crippen molar-refractivity contribution < 1.29 is 19.1 Å². The largest absolute Gasteiger partial charge is 0.465 e. The number of allylic oxidation sites excluding steroid dienone is 1. The second-order valence-corrected chi connectivity index (χ2v) is 14.0. The van der Waals surface area contributed by atoms with Crippen LogP contribution in [0.2, 0.25) is 18.1 Å². The van der Waals surface area contributed by atoms with E-state index in [1.165, 1.54) is 11.0 Å². The third kappa shape index (κ3) is 4.02. The molecule has 0 fully saturated rings. The zero-order valence-corrected chi connectivity index (χ0v) is 19.1. The molecule has 1 N–H and O–H groups in total. The quantitative estimate of drug-likeness (QED) is 0.689. The maximum absolute atomic E-state index is 12.6. The number of anilines is 1. The fourth-order valence-electron chi connectivity index (χ4n) is 3.26. The molecular formula is C22H30N2O4Si. The van der Waals surface area contributed by atoms with Crippen LogP contribution >= 0.6 is 0 Å². The van der Waals surface area contributed by atoms with E-state index in [4.69, 9.17) is 4.43 Å². The summed E-state index contributed by atoms with van der Waals surface area (Å²) in [4.78, 5) is 25.6. The highest BCUT2D eigenvalue weighted by molar-refractivity contribution is 6.74. The van der Waals surface area contributed by atoms with Crippen LogP contribution in [0, 0.1) is 0 Å². The van der Waals surface area contributed by atoms with Gasteiger partial charge < -0.3 is 14.1 Å². The Bertz CT molecular complexity index is 998. The highest BCUT2D eigenvalue weighted by atomic mass is 28.4. The number of carbonyl (C=O) groups is 2. The van der Waals surface area contributed by atoms with Gasteiger partial charge in [0.25, 0.3) is 0 Å². The first-order valence-electron chi connectivity index (χ1n) is 9.90. The van der Waals surface area contributed by atoms with Crippen molar-refractivity contribution in [1.29, 1.82) is 0 Å². The van der Waals surface area contributed by atoms with Crippen molar-refractivity contribution >= 4 is 36.8 Å². The lowest BCUT2D eigenvalue weighted by molar-refractivity contribution is 0.104. The molecule has 156 valence electrons. The number of aryl methyl sites for hydroxylation is 1. The van der Waals surface area contributed by atoms with Crippen LogP contribution in [0.3, 0.4) is 0 Å². The number of fused-ring (bicyclic) bond motifs is 2. The van der Waals surface area contributed by atoms with Crippen LogP contribution in [-0.2, 0) is 18.1 Å². The average molecular weight is 415 g/mol. The molecule has 1 aliphatic rings. The van der Waals surface area contributed by atoms with Crippen molar-refractivity contribution in [1.82, 2.24) is 4.57 Å². The van der Waals surface area contributed by atoms with Crippen LogP contribution in [0.25, 0.3) is 10.9 Å². The van der Waals surface area contributed by atoms with Crippen LogP contribution < -0.4 is 4.90 Å². The van der Waals surface area contributed by atoms with Crippen LogP contribution in [0.1, 0.15) is 43.2 Å². The van der Waals surface area contributed by atoms with Gasteiger partial charge in [0.1, 0.15) is 0 Å². The summed E-state index contributed by atoms with van der Waals surface area (Å²) in [5.74, 6) is -0.171. The minimum atomic E-state index is -1.90. The zero-order valence-electron chi connectivity index (χ0n) is 18.1. The van der Waals surface area contributed by atoms with Gasteiger partial charge in [-0.25, -0.2) is 4.79 Å². The number of hydrogen-bond donors (Lipinski definition) is 1. The fraction of sp³-hybridized carbons (Fsp3) is 0.455. The molecule has 0 spiro atoms. The van der Waals surface area contributed by atoms with Gasteiger partial charge in [-0.2, -0.15) is 0 Å². The van der Waals surface area contributed by atoms with E-state index in [0.29, 0.717) is 30.8 Å². The molecule has 0 radical (unpaired) electrons. The van der Waals surface area contributed by atoms with Gasteiger partial charge in [-0.05, 0) is 48.8 Å². The second kappa shape index (κ2) is 7.46. The van der Waals surface area contributed by atoms with Gasteiger partial charge in [-0.15, -0.1) is 0 Å². The third-order valence-electron chi connectivity index (χ3n) is 6.22. The number of ketones is 1. The molecule has 0 unspecified atom stereocenters. The molecular weight excluding hydrogens is 384 g/mol. The highest BCUT2D eigenvalue weighted by Crippen LogP contribution is 2.37. The predicted molar refractivity (Wildman–Crippen MR) is 118 cm³/mol. The summed E-state index contributed by atoms with van der Waals surface area (Å²) in [5, 5.41) is 10.7. The summed E-state index contributed by atoms with van der Waals surface area (Å²) < 4.78 is 8.40. The lowest BCUT2D eigenvalue weighted by Crippen LogP contribution is -2.40. The van der Waals surface area contributed by atoms with Gasteiger partial charge in [-0.1, -0.05) is 26.8 Å². The first-order valence-corrected chi connectivity index (χ1v) is 12.8. The molecule has 0 saturated heterocycles. The van der Waals surface area contributed by atoms with E-state index < -0.39 is 14.4 Å². The van der Waals surface area contributed by atoms with E-state index in [0.717, 1.165) is 16.6 Å². The van der Waals surface area contributed by atoms with Crippen LogP contribution in [0.15, 0.2) is 30.4 Å². The van der Waals surface area contributed by atoms with Crippen molar-refractivity contribution in [2.45, 2.75) is 51.9 Å². The summed E-state index contributed by atoms with van der Waals surface area (Å²) in [6.07, 6.45) is 2.72. The minimum absolute atomic E-state index is 0.119. The van der Waals surface area contributed by atoms with E-state index in [2.05, 4.69) is 33.9 Å². The first kappa shape index (κ1) is 21.3. The Hall–Kier alpha value is -2.38. The Kier molecular flexibility index (Phi) is 5.49. The summed E-state index contributed by atoms with van der Waals surface area (Å²) >= 11 is 0. The summed E-state index contributed by atoms with van der Waals surface area (Å²) in [6, 6.07) is 5.64. The monoisotopic (exact) mass is 414 g/mol. The Labute approximate surface area is 172 Å². The minimum Gasteiger partial charge on any atom is -0.465 e. The molecule has 3 rings (SSSR count). The summed E-state index contributed by atoms with van der Waals surface area (Å²) in [5.41, 5.74) is 2.75. The Morgan fingerprint density at radius 2 is 1.93 bits per heavy atom. The normalized spacial score (nSPS) is 16.5. The molecule has 0 saturated carbocycles. The molecule has 1 amide bonds. The molecule has 0 bridgehead atoms. The van der Waals surface area contributed by atoms with Gasteiger partial charge in [0, 0.05) is 30.2 Å². The lowest BCUT2D eigenvalue weighted by atomic mass is 10.0. The molecule has 1 aliphatic heterocycles. The fourth-order valence-corrected chi connectivity index (χ4v) is 4.21.